The van der Waals surface area contributed by atoms with Gasteiger partial charge in [-0.25, -0.2) is 0 Å². The Labute approximate surface area is 99.2 Å². The average Bonchev–Trinajstić information content (AvgIpc) is 2.40. The predicted molar refractivity (Wildman–Crippen MR) is 58.9 cm³/mol. The molecule has 1 heterocycles. The summed E-state index contributed by atoms with van der Waals surface area (Å²) in [6.07, 6.45) is -0.651. The number of amides is 1. The van der Waals surface area contributed by atoms with E-state index in [0.717, 1.165) is 0 Å². The third kappa shape index (κ3) is 1.60. The van der Waals surface area contributed by atoms with E-state index in [4.69, 9.17) is 5.11 Å². The minimum Gasteiger partial charge on any atom is -0.481 e. The number of carbonyl (C=O) groups excluding carboxylic acids is 1. The van der Waals surface area contributed by atoms with Crippen LogP contribution in [-0.2, 0) is 15.2 Å². The highest BCUT2D eigenvalue weighted by molar-refractivity contribution is 9.10. The first-order valence-corrected chi connectivity index (χ1v) is 5.28. The Balaban J connectivity index is 2.53. The molecule has 0 aliphatic carbocycles. The first-order valence-electron chi connectivity index (χ1n) is 4.49. The number of hydrogen-bond acceptors (Lipinski definition) is 3. The highest BCUT2D eigenvalue weighted by Gasteiger charge is 2.46. The fourth-order valence-electron chi connectivity index (χ4n) is 1.71. The third-order valence-electron chi connectivity index (χ3n) is 2.46. The summed E-state index contributed by atoms with van der Waals surface area (Å²) in [5, 5.41) is 21.2. The van der Waals surface area contributed by atoms with Gasteiger partial charge in [-0.2, -0.15) is 0 Å². The van der Waals surface area contributed by atoms with Crippen molar-refractivity contribution in [3.8, 4) is 0 Å². The Morgan fingerprint density at radius 3 is 2.81 bits per heavy atom. The van der Waals surface area contributed by atoms with Gasteiger partial charge in [-0.15, -0.1) is 0 Å². The van der Waals surface area contributed by atoms with Crippen molar-refractivity contribution in [3.05, 3.63) is 28.2 Å². The molecule has 0 saturated heterocycles. The van der Waals surface area contributed by atoms with Crippen molar-refractivity contribution in [3.63, 3.8) is 0 Å². The number of fused-ring (bicyclic) bond motifs is 1. The minimum atomic E-state index is -1.98. The number of rotatable bonds is 2. The second kappa shape index (κ2) is 3.57. The van der Waals surface area contributed by atoms with Crippen LogP contribution in [0.2, 0.25) is 0 Å². The lowest BCUT2D eigenvalue weighted by atomic mass is 9.92. The van der Waals surface area contributed by atoms with Gasteiger partial charge < -0.3 is 15.5 Å². The summed E-state index contributed by atoms with van der Waals surface area (Å²) in [5.74, 6) is -1.94. The maximum absolute atomic E-state index is 11.6. The maximum atomic E-state index is 11.6. The number of carboxylic acids is 1. The van der Waals surface area contributed by atoms with Gasteiger partial charge in [0, 0.05) is 15.7 Å². The van der Waals surface area contributed by atoms with Crippen molar-refractivity contribution >= 4 is 33.5 Å². The smallest absolute Gasteiger partial charge is 0.307 e. The highest BCUT2D eigenvalue weighted by atomic mass is 79.9. The molecule has 0 spiro atoms. The average molecular weight is 286 g/mol. The van der Waals surface area contributed by atoms with Gasteiger partial charge in [0.05, 0.1) is 6.42 Å². The topological polar surface area (TPSA) is 86.6 Å². The molecule has 1 aliphatic heterocycles. The number of anilines is 1. The molecule has 0 aromatic heterocycles. The van der Waals surface area contributed by atoms with Crippen LogP contribution in [0.4, 0.5) is 5.69 Å². The molecule has 16 heavy (non-hydrogen) atoms. The number of aliphatic carboxylic acids is 1. The first-order chi connectivity index (χ1) is 7.43. The van der Waals surface area contributed by atoms with Gasteiger partial charge in [-0.1, -0.05) is 15.9 Å². The van der Waals surface area contributed by atoms with E-state index in [9.17, 15) is 14.7 Å². The van der Waals surface area contributed by atoms with E-state index < -0.39 is 23.9 Å². The summed E-state index contributed by atoms with van der Waals surface area (Å²) in [4.78, 5) is 22.2. The molecule has 84 valence electrons. The molecule has 1 unspecified atom stereocenters. The van der Waals surface area contributed by atoms with E-state index in [0.29, 0.717) is 10.2 Å². The molecule has 1 amide bonds. The molecule has 2 rings (SSSR count). The maximum Gasteiger partial charge on any atom is 0.307 e. The molecule has 5 nitrogen and oxygen atoms in total. The molecule has 6 heteroatoms. The lowest BCUT2D eigenvalue weighted by Gasteiger charge is -2.18. The molecule has 1 aromatic rings. The van der Waals surface area contributed by atoms with Crippen LogP contribution < -0.4 is 5.32 Å². The van der Waals surface area contributed by atoms with E-state index in [1.54, 1.807) is 12.1 Å². The van der Waals surface area contributed by atoms with Crippen LogP contribution in [0.3, 0.4) is 0 Å². The van der Waals surface area contributed by atoms with Gasteiger partial charge in [0.1, 0.15) is 0 Å². The summed E-state index contributed by atoms with van der Waals surface area (Å²) >= 11 is 3.21. The Kier molecular flexibility index (Phi) is 2.47. The van der Waals surface area contributed by atoms with Crippen LogP contribution in [0.15, 0.2) is 22.7 Å². The van der Waals surface area contributed by atoms with Crippen molar-refractivity contribution in [1.29, 1.82) is 0 Å². The predicted octanol–water partition coefficient (Wildman–Crippen LogP) is 1.06. The molecule has 0 fully saturated rings. The van der Waals surface area contributed by atoms with E-state index in [-0.39, 0.29) is 5.56 Å². The highest BCUT2D eigenvalue weighted by Crippen LogP contribution is 2.39. The van der Waals surface area contributed by atoms with E-state index >= 15 is 0 Å². The second-order valence-electron chi connectivity index (χ2n) is 3.57. The van der Waals surface area contributed by atoms with Crippen LogP contribution in [0.1, 0.15) is 12.0 Å². The SMILES string of the molecule is O=C(O)CC1(O)C(=O)Nc2ccc(Br)cc21. The number of aliphatic hydroxyl groups is 1. The van der Waals surface area contributed by atoms with Crippen molar-refractivity contribution < 1.29 is 19.8 Å². The van der Waals surface area contributed by atoms with Gasteiger partial charge in [0.15, 0.2) is 5.60 Å². The van der Waals surface area contributed by atoms with Crippen molar-refractivity contribution in [1.82, 2.24) is 0 Å². The first kappa shape index (κ1) is 11.1. The third-order valence-corrected chi connectivity index (χ3v) is 2.95. The zero-order valence-electron chi connectivity index (χ0n) is 8.03. The number of carbonyl (C=O) groups is 2. The van der Waals surface area contributed by atoms with Gasteiger partial charge >= 0.3 is 5.97 Å². The van der Waals surface area contributed by atoms with E-state index in [1.807, 2.05) is 0 Å². The Hall–Kier alpha value is -1.40. The molecule has 1 aliphatic rings. The Bertz CT molecular complexity index is 488. The molecular weight excluding hydrogens is 278 g/mol. The molecule has 1 atom stereocenters. The van der Waals surface area contributed by atoms with E-state index in [1.165, 1.54) is 6.07 Å². The zero-order valence-corrected chi connectivity index (χ0v) is 9.61. The molecule has 0 saturated carbocycles. The minimum absolute atomic E-state index is 0.286. The summed E-state index contributed by atoms with van der Waals surface area (Å²) in [5.41, 5.74) is -1.25. The number of carboxylic acid groups (broad SMARTS) is 1. The van der Waals surface area contributed by atoms with Crippen LogP contribution >= 0.6 is 15.9 Å². The lowest BCUT2D eigenvalue weighted by molar-refractivity contribution is -0.149. The van der Waals surface area contributed by atoms with Crippen molar-refractivity contribution in [2.75, 3.05) is 5.32 Å². The Morgan fingerprint density at radius 1 is 1.50 bits per heavy atom. The fraction of sp³-hybridized carbons (Fsp3) is 0.200. The van der Waals surface area contributed by atoms with Gasteiger partial charge in [-0.3, -0.25) is 9.59 Å². The van der Waals surface area contributed by atoms with Gasteiger partial charge in [0.25, 0.3) is 5.91 Å². The number of hydrogen-bond donors (Lipinski definition) is 3. The number of halogens is 1. The second-order valence-corrected chi connectivity index (χ2v) is 4.49. The van der Waals surface area contributed by atoms with Crippen LogP contribution in [0.5, 0.6) is 0 Å². The monoisotopic (exact) mass is 285 g/mol. The van der Waals surface area contributed by atoms with E-state index in [2.05, 4.69) is 21.2 Å². The summed E-state index contributed by atoms with van der Waals surface area (Å²) in [7, 11) is 0. The zero-order chi connectivity index (χ0) is 11.9. The van der Waals surface area contributed by atoms with Crippen LogP contribution in [0, 0.1) is 0 Å². The molecule has 3 N–H and O–H groups in total. The largest absolute Gasteiger partial charge is 0.481 e. The molecule has 1 aromatic carbocycles. The van der Waals surface area contributed by atoms with Gasteiger partial charge in [-0.05, 0) is 18.2 Å². The van der Waals surface area contributed by atoms with Crippen LogP contribution in [-0.4, -0.2) is 22.1 Å². The number of nitrogens with one attached hydrogen (secondary N) is 1. The van der Waals surface area contributed by atoms with Crippen molar-refractivity contribution in [2.45, 2.75) is 12.0 Å². The fourth-order valence-corrected chi connectivity index (χ4v) is 2.07. The van der Waals surface area contributed by atoms with Gasteiger partial charge in [0.2, 0.25) is 0 Å². The van der Waals surface area contributed by atoms with Crippen LogP contribution in [0.25, 0.3) is 0 Å². The Morgan fingerprint density at radius 2 is 2.19 bits per heavy atom. The molecule has 0 radical (unpaired) electrons. The normalized spacial score (nSPS) is 22.8. The lowest BCUT2D eigenvalue weighted by Crippen LogP contribution is -2.36. The summed E-state index contributed by atoms with van der Waals surface area (Å²) in [6, 6.07) is 4.85. The standard InChI is InChI=1S/C10H8BrNO4/c11-5-1-2-7-6(3-5)10(16,4-8(13)14)9(15)12-7/h1-3,16H,4H2,(H,12,15)(H,13,14). The summed E-state index contributed by atoms with van der Waals surface area (Å²) < 4.78 is 0.673. The molecular formula is C10H8BrNO4. The van der Waals surface area contributed by atoms with Crippen molar-refractivity contribution in [2.24, 2.45) is 0 Å². The molecule has 0 bridgehead atoms. The quantitative estimate of drug-likeness (QED) is 0.758. The summed E-state index contributed by atoms with van der Waals surface area (Å²) in [6.45, 7) is 0. The number of benzene rings is 1.